The molecule has 66 valence electrons. The molecule has 1 fully saturated rings. The molecule has 12 heavy (non-hydrogen) atoms. The van der Waals surface area contributed by atoms with Crippen LogP contribution in [0.2, 0.25) is 0 Å². The molecule has 3 nitrogen and oxygen atoms in total. The quantitative estimate of drug-likeness (QED) is 0.617. The molecule has 0 aromatic heterocycles. The summed E-state index contributed by atoms with van der Waals surface area (Å²) in [5.41, 5.74) is 0. The minimum Gasteiger partial charge on any atom is -0.341 e. The summed E-state index contributed by atoms with van der Waals surface area (Å²) in [7, 11) is 0. The molecule has 1 atom stereocenters. The fourth-order valence-electron chi connectivity index (χ4n) is 1.54. The Morgan fingerprint density at radius 1 is 1.75 bits per heavy atom. The van der Waals surface area contributed by atoms with E-state index in [-0.39, 0.29) is 11.8 Å². The third-order valence-electron chi connectivity index (χ3n) is 2.29. The molecule has 0 aliphatic carbocycles. The van der Waals surface area contributed by atoms with Crippen molar-refractivity contribution in [1.82, 2.24) is 4.90 Å². The number of nitrogens with zero attached hydrogens (tertiary/aromatic N) is 2. The first-order valence-corrected chi connectivity index (χ1v) is 4.41. The number of amides is 1. The minimum atomic E-state index is 0.164. The van der Waals surface area contributed by atoms with E-state index in [2.05, 4.69) is 6.07 Å². The van der Waals surface area contributed by atoms with Gasteiger partial charge < -0.3 is 4.90 Å². The summed E-state index contributed by atoms with van der Waals surface area (Å²) in [6, 6.07) is 2.06. The van der Waals surface area contributed by atoms with Gasteiger partial charge in [-0.1, -0.05) is 6.92 Å². The van der Waals surface area contributed by atoms with Crippen molar-refractivity contribution in [2.45, 2.75) is 26.2 Å². The number of hydrogen-bond acceptors (Lipinski definition) is 2. The minimum absolute atomic E-state index is 0.164. The number of nitriles is 1. The van der Waals surface area contributed by atoms with Crippen molar-refractivity contribution in [1.29, 1.82) is 5.26 Å². The number of rotatable bonds is 2. The van der Waals surface area contributed by atoms with Gasteiger partial charge in [0.15, 0.2) is 0 Å². The molecular weight excluding hydrogens is 152 g/mol. The first-order valence-electron chi connectivity index (χ1n) is 4.41. The van der Waals surface area contributed by atoms with E-state index in [4.69, 9.17) is 5.26 Å². The van der Waals surface area contributed by atoms with Crippen LogP contribution in [0.5, 0.6) is 0 Å². The summed E-state index contributed by atoms with van der Waals surface area (Å²) in [5.74, 6) is 0.383. The van der Waals surface area contributed by atoms with Gasteiger partial charge >= 0.3 is 0 Å². The zero-order valence-electron chi connectivity index (χ0n) is 7.42. The van der Waals surface area contributed by atoms with E-state index in [1.54, 1.807) is 4.90 Å². The molecule has 0 aromatic rings. The number of carbonyl (C=O) groups is 1. The average molecular weight is 166 g/mol. The summed E-state index contributed by atoms with van der Waals surface area (Å²) < 4.78 is 0. The first-order chi connectivity index (χ1) is 5.75. The molecule has 1 unspecified atom stereocenters. The molecule has 0 saturated carbocycles. The maximum Gasteiger partial charge on any atom is 0.225 e. The van der Waals surface area contributed by atoms with Gasteiger partial charge in [0.1, 0.15) is 0 Å². The largest absolute Gasteiger partial charge is 0.341 e. The summed E-state index contributed by atoms with van der Waals surface area (Å²) in [5, 5.41) is 8.36. The van der Waals surface area contributed by atoms with Gasteiger partial charge in [-0.25, -0.2) is 0 Å². The second-order valence-corrected chi connectivity index (χ2v) is 3.28. The highest BCUT2D eigenvalue weighted by atomic mass is 16.2. The molecule has 1 aliphatic rings. The van der Waals surface area contributed by atoms with Crippen LogP contribution in [0.25, 0.3) is 0 Å². The lowest BCUT2D eigenvalue weighted by Crippen LogP contribution is -2.40. The Morgan fingerprint density at radius 3 is 3.17 bits per heavy atom. The van der Waals surface area contributed by atoms with E-state index >= 15 is 0 Å². The van der Waals surface area contributed by atoms with E-state index in [9.17, 15) is 4.79 Å². The zero-order valence-corrected chi connectivity index (χ0v) is 7.42. The van der Waals surface area contributed by atoms with Gasteiger partial charge in [0, 0.05) is 19.0 Å². The number of likely N-dealkylation sites (tertiary alicyclic amines) is 1. The number of piperidine rings is 1. The van der Waals surface area contributed by atoms with E-state index in [1.165, 1.54) is 0 Å². The molecule has 1 heterocycles. The van der Waals surface area contributed by atoms with Crippen molar-refractivity contribution in [2.75, 3.05) is 13.1 Å². The Hall–Kier alpha value is -1.04. The molecule has 0 N–H and O–H groups in total. The van der Waals surface area contributed by atoms with Gasteiger partial charge in [0.25, 0.3) is 0 Å². The molecule has 1 saturated heterocycles. The Labute approximate surface area is 73.0 Å². The van der Waals surface area contributed by atoms with E-state index in [1.807, 2.05) is 6.92 Å². The van der Waals surface area contributed by atoms with Crippen LogP contribution < -0.4 is 0 Å². The summed E-state index contributed by atoms with van der Waals surface area (Å²) in [4.78, 5) is 13.3. The second-order valence-electron chi connectivity index (χ2n) is 3.28. The summed E-state index contributed by atoms with van der Waals surface area (Å²) in [6.45, 7) is 3.41. The third-order valence-corrected chi connectivity index (χ3v) is 2.29. The van der Waals surface area contributed by atoms with Crippen LogP contribution in [0.15, 0.2) is 0 Å². The van der Waals surface area contributed by atoms with Gasteiger partial charge in [0.05, 0.1) is 12.5 Å². The van der Waals surface area contributed by atoms with E-state index < -0.39 is 0 Å². The van der Waals surface area contributed by atoms with Gasteiger partial charge in [-0.2, -0.15) is 5.26 Å². The lowest BCUT2D eigenvalue weighted by atomic mass is 9.99. The van der Waals surface area contributed by atoms with Crippen LogP contribution in [0.1, 0.15) is 26.2 Å². The SMILES string of the molecule is CC1CCCN(CCC#N)C1=O. The summed E-state index contributed by atoms with van der Waals surface area (Å²) >= 11 is 0. The predicted octanol–water partition coefficient (Wildman–Crippen LogP) is 1.16. The Kier molecular flexibility index (Phi) is 3.09. The lowest BCUT2D eigenvalue weighted by Gasteiger charge is -2.29. The Balaban J connectivity index is 2.42. The normalized spacial score (nSPS) is 23.8. The zero-order chi connectivity index (χ0) is 8.97. The lowest BCUT2D eigenvalue weighted by molar-refractivity contribution is -0.137. The van der Waals surface area contributed by atoms with Crippen molar-refractivity contribution in [3.63, 3.8) is 0 Å². The topological polar surface area (TPSA) is 44.1 Å². The van der Waals surface area contributed by atoms with Gasteiger partial charge in [0.2, 0.25) is 5.91 Å². The highest BCUT2D eigenvalue weighted by molar-refractivity contribution is 5.79. The first kappa shape index (κ1) is 9.05. The fourth-order valence-corrected chi connectivity index (χ4v) is 1.54. The molecule has 1 amide bonds. The molecule has 0 bridgehead atoms. The van der Waals surface area contributed by atoms with Crippen molar-refractivity contribution in [3.8, 4) is 6.07 Å². The van der Waals surface area contributed by atoms with Crippen molar-refractivity contribution in [3.05, 3.63) is 0 Å². The fraction of sp³-hybridized carbons (Fsp3) is 0.778. The van der Waals surface area contributed by atoms with Crippen LogP contribution in [-0.4, -0.2) is 23.9 Å². The molecule has 3 heteroatoms. The standard InChI is InChI=1S/C9H14N2O/c1-8-4-2-6-11(9(8)12)7-3-5-10/h8H,2-4,6-7H2,1H3. The van der Waals surface area contributed by atoms with Gasteiger partial charge in [-0.15, -0.1) is 0 Å². The molecule has 0 spiro atoms. The average Bonchev–Trinajstić information content (AvgIpc) is 2.08. The Morgan fingerprint density at radius 2 is 2.50 bits per heavy atom. The van der Waals surface area contributed by atoms with Crippen LogP contribution in [-0.2, 0) is 4.79 Å². The number of hydrogen-bond donors (Lipinski definition) is 0. The van der Waals surface area contributed by atoms with Crippen LogP contribution in [0.3, 0.4) is 0 Å². The van der Waals surface area contributed by atoms with Crippen LogP contribution in [0, 0.1) is 17.2 Å². The van der Waals surface area contributed by atoms with E-state index in [0.29, 0.717) is 13.0 Å². The highest BCUT2D eigenvalue weighted by Gasteiger charge is 2.24. The van der Waals surface area contributed by atoms with Gasteiger partial charge in [-0.05, 0) is 12.8 Å². The third kappa shape index (κ3) is 1.97. The van der Waals surface area contributed by atoms with Crippen molar-refractivity contribution >= 4 is 5.91 Å². The smallest absolute Gasteiger partial charge is 0.225 e. The van der Waals surface area contributed by atoms with E-state index in [0.717, 1.165) is 19.4 Å². The van der Waals surface area contributed by atoms with Crippen molar-refractivity contribution in [2.24, 2.45) is 5.92 Å². The monoisotopic (exact) mass is 166 g/mol. The molecule has 1 rings (SSSR count). The maximum absolute atomic E-state index is 11.4. The maximum atomic E-state index is 11.4. The molecule has 1 aliphatic heterocycles. The molecule has 0 aromatic carbocycles. The Bertz CT molecular complexity index is 207. The number of carbonyl (C=O) groups excluding carboxylic acids is 1. The molecule has 0 radical (unpaired) electrons. The van der Waals surface area contributed by atoms with Crippen molar-refractivity contribution < 1.29 is 4.79 Å². The molecular formula is C9H14N2O. The van der Waals surface area contributed by atoms with Crippen LogP contribution in [0.4, 0.5) is 0 Å². The summed E-state index contributed by atoms with van der Waals surface area (Å²) in [6.07, 6.45) is 2.54. The van der Waals surface area contributed by atoms with Crippen LogP contribution >= 0.6 is 0 Å². The second kappa shape index (κ2) is 4.10. The highest BCUT2D eigenvalue weighted by Crippen LogP contribution is 2.16. The predicted molar refractivity (Wildman–Crippen MR) is 45.2 cm³/mol. The van der Waals surface area contributed by atoms with Gasteiger partial charge in [-0.3, -0.25) is 4.79 Å².